The summed E-state index contributed by atoms with van der Waals surface area (Å²) in [6.45, 7) is 2.44. The molecule has 1 rings (SSSR count). The fourth-order valence-corrected chi connectivity index (χ4v) is 2.08. The van der Waals surface area contributed by atoms with Crippen molar-refractivity contribution in [2.45, 2.75) is 13.5 Å². The zero-order valence-corrected chi connectivity index (χ0v) is 9.55. The van der Waals surface area contributed by atoms with E-state index < -0.39 is 10.0 Å². The van der Waals surface area contributed by atoms with Crippen molar-refractivity contribution >= 4 is 10.0 Å². The van der Waals surface area contributed by atoms with Gasteiger partial charge in [-0.25, -0.2) is 13.1 Å². The summed E-state index contributed by atoms with van der Waals surface area (Å²) in [5, 5.41) is 0. The first-order chi connectivity index (χ1) is 7.03. The van der Waals surface area contributed by atoms with Crippen LogP contribution in [0.5, 0.6) is 0 Å². The molecular weight excluding hydrogens is 212 g/mol. The van der Waals surface area contributed by atoms with Crippen LogP contribution in [0.1, 0.15) is 11.1 Å². The van der Waals surface area contributed by atoms with Gasteiger partial charge in [-0.05, 0) is 12.5 Å². The second-order valence-electron chi connectivity index (χ2n) is 3.42. The summed E-state index contributed by atoms with van der Waals surface area (Å²) in [6, 6.07) is 7.71. The van der Waals surface area contributed by atoms with E-state index in [4.69, 9.17) is 5.73 Å². The fraction of sp³-hybridized carbons (Fsp3) is 0.400. The molecular formula is C10H16N2O2S. The average molecular weight is 228 g/mol. The summed E-state index contributed by atoms with van der Waals surface area (Å²) in [5.74, 6) is -0.0290. The minimum absolute atomic E-state index is 0.0290. The van der Waals surface area contributed by atoms with E-state index in [-0.39, 0.29) is 12.3 Å². The Morgan fingerprint density at radius 1 is 1.40 bits per heavy atom. The molecule has 5 heteroatoms. The van der Waals surface area contributed by atoms with E-state index in [1.807, 2.05) is 31.2 Å². The number of benzene rings is 1. The van der Waals surface area contributed by atoms with E-state index in [1.54, 1.807) is 0 Å². The summed E-state index contributed by atoms with van der Waals surface area (Å²) in [4.78, 5) is 0. The smallest absolute Gasteiger partial charge is 0.213 e. The number of hydrogen-bond acceptors (Lipinski definition) is 3. The van der Waals surface area contributed by atoms with Crippen LogP contribution in [0.15, 0.2) is 24.3 Å². The topological polar surface area (TPSA) is 72.2 Å². The molecule has 1 aromatic carbocycles. The molecule has 0 heterocycles. The van der Waals surface area contributed by atoms with Crippen molar-refractivity contribution in [2.24, 2.45) is 5.73 Å². The second kappa shape index (κ2) is 5.25. The van der Waals surface area contributed by atoms with Crippen LogP contribution in [-0.4, -0.2) is 20.7 Å². The van der Waals surface area contributed by atoms with E-state index in [0.717, 1.165) is 11.1 Å². The second-order valence-corrected chi connectivity index (χ2v) is 5.34. The van der Waals surface area contributed by atoms with E-state index in [1.165, 1.54) is 0 Å². The SMILES string of the molecule is Cc1cccc(CNS(=O)(=O)CCN)c1. The molecule has 0 saturated heterocycles. The van der Waals surface area contributed by atoms with Crippen molar-refractivity contribution in [3.63, 3.8) is 0 Å². The van der Waals surface area contributed by atoms with Crippen LogP contribution in [-0.2, 0) is 16.6 Å². The summed E-state index contributed by atoms with van der Waals surface area (Å²) in [5.41, 5.74) is 7.26. The molecule has 0 aliphatic rings. The third kappa shape index (κ3) is 4.42. The van der Waals surface area contributed by atoms with E-state index in [0.29, 0.717) is 6.54 Å². The zero-order chi connectivity index (χ0) is 11.3. The molecule has 0 bridgehead atoms. The minimum Gasteiger partial charge on any atom is -0.329 e. The number of nitrogens with two attached hydrogens (primary N) is 1. The fourth-order valence-electron chi connectivity index (χ4n) is 1.24. The van der Waals surface area contributed by atoms with Gasteiger partial charge in [0, 0.05) is 13.1 Å². The molecule has 0 amide bonds. The van der Waals surface area contributed by atoms with E-state index in [9.17, 15) is 8.42 Å². The number of sulfonamides is 1. The summed E-state index contributed by atoms with van der Waals surface area (Å²) in [6.07, 6.45) is 0. The highest BCUT2D eigenvalue weighted by Gasteiger charge is 2.07. The first kappa shape index (κ1) is 12.2. The lowest BCUT2D eigenvalue weighted by Gasteiger charge is -2.05. The van der Waals surface area contributed by atoms with Gasteiger partial charge in [0.25, 0.3) is 0 Å². The van der Waals surface area contributed by atoms with Crippen LogP contribution in [0.25, 0.3) is 0 Å². The first-order valence-corrected chi connectivity index (χ1v) is 6.42. The number of aryl methyl sites for hydroxylation is 1. The van der Waals surface area contributed by atoms with Crippen LogP contribution in [0.2, 0.25) is 0 Å². The predicted octanol–water partition coefficient (Wildman–Crippen LogP) is 0.373. The highest BCUT2D eigenvalue weighted by Crippen LogP contribution is 2.03. The van der Waals surface area contributed by atoms with E-state index in [2.05, 4.69) is 4.72 Å². The molecule has 0 fully saturated rings. The van der Waals surface area contributed by atoms with Crippen LogP contribution < -0.4 is 10.5 Å². The molecule has 0 aromatic heterocycles. The molecule has 0 aliphatic carbocycles. The number of rotatable bonds is 5. The average Bonchev–Trinajstić information content (AvgIpc) is 2.15. The Hall–Kier alpha value is -0.910. The number of hydrogen-bond donors (Lipinski definition) is 2. The molecule has 84 valence electrons. The predicted molar refractivity (Wildman–Crippen MR) is 60.9 cm³/mol. The Morgan fingerprint density at radius 2 is 2.13 bits per heavy atom. The van der Waals surface area contributed by atoms with Gasteiger partial charge in [0.05, 0.1) is 5.75 Å². The van der Waals surface area contributed by atoms with Crippen molar-refractivity contribution in [1.82, 2.24) is 4.72 Å². The quantitative estimate of drug-likeness (QED) is 0.765. The van der Waals surface area contributed by atoms with Gasteiger partial charge < -0.3 is 5.73 Å². The Bertz CT molecular complexity index is 415. The molecule has 0 spiro atoms. The van der Waals surface area contributed by atoms with Gasteiger partial charge in [0.1, 0.15) is 0 Å². The minimum atomic E-state index is -3.22. The molecule has 0 aliphatic heterocycles. The van der Waals surface area contributed by atoms with Crippen LogP contribution in [0, 0.1) is 6.92 Å². The standard InChI is InChI=1S/C10H16N2O2S/c1-9-3-2-4-10(7-9)8-12-15(13,14)6-5-11/h2-4,7,12H,5-6,8,11H2,1H3. The van der Waals surface area contributed by atoms with Gasteiger partial charge in [-0.1, -0.05) is 29.8 Å². The lowest BCUT2D eigenvalue weighted by molar-refractivity contribution is 0.581. The summed E-state index contributed by atoms with van der Waals surface area (Å²) in [7, 11) is -3.22. The van der Waals surface area contributed by atoms with Crippen molar-refractivity contribution in [2.75, 3.05) is 12.3 Å². The maximum absolute atomic E-state index is 11.3. The van der Waals surface area contributed by atoms with Crippen LogP contribution in [0.4, 0.5) is 0 Å². The van der Waals surface area contributed by atoms with Crippen molar-refractivity contribution in [3.8, 4) is 0 Å². The van der Waals surface area contributed by atoms with Gasteiger partial charge in [-0.2, -0.15) is 0 Å². The first-order valence-electron chi connectivity index (χ1n) is 4.76. The molecule has 1 aromatic rings. The van der Waals surface area contributed by atoms with Gasteiger partial charge in [-0.15, -0.1) is 0 Å². The number of nitrogens with one attached hydrogen (secondary N) is 1. The van der Waals surface area contributed by atoms with Crippen molar-refractivity contribution in [3.05, 3.63) is 35.4 Å². The summed E-state index contributed by atoms with van der Waals surface area (Å²) >= 11 is 0. The molecule has 0 unspecified atom stereocenters. The van der Waals surface area contributed by atoms with Gasteiger partial charge >= 0.3 is 0 Å². The van der Waals surface area contributed by atoms with Gasteiger partial charge in [0.2, 0.25) is 10.0 Å². The molecule has 3 N–H and O–H groups in total. The van der Waals surface area contributed by atoms with E-state index >= 15 is 0 Å². The Kier molecular flexibility index (Phi) is 4.26. The molecule has 0 atom stereocenters. The van der Waals surface area contributed by atoms with Crippen molar-refractivity contribution in [1.29, 1.82) is 0 Å². The maximum Gasteiger partial charge on any atom is 0.213 e. The third-order valence-electron chi connectivity index (χ3n) is 1.97. The molecule has 4 nitrogen and oxygen atoms in total. The molecule has 0 radical (unpaired) electrons. The summed E-state index contributed by atoms with van der Waals surface area (Å²) < 4.78 is 25.1. The van der Waals surface area contributed by atoms with Gasteiger partial charge in [0.15, 0.2) is 0 Å². The lowest BCUT2D eigenvalue weighted by atomic mass is 10.1. The zero-order valence-electron chi connectivity index (χ0n) is 8.73. The monoisotopic (exact) mass is 228 g/mol. The van der Waals surface area contributed by atoms with Crippen LogP contribution >= 0.6 is 0 Å². The van der Waals surface area contributed by atoms with Crippen LogP contribution in [0.3, 0.4) is 0 Å². The maximum atomic E-state index is 11.3. The molecule has 0 saturated carbocycles. The Balaban J connectivity index is 2.58. The molecule has 15 heavy (non-hydrogen) atoms. The van der Waals surface area contributed by atoms with Crippen molar-refractivity contribution < 1.29 is 8.42 Å². The highest BCUT2D eigenvalue weighted by molar-refractivity contribution is 7.89. The normalized spacial score (nSPS) is 11.6. The highest BCUT2D eigenvalue weighted by atomic mass is 32.2. The van der Waals surface area contributed by atoms with Gasteiger partial charge in [-0.3, -0.25) is 0 Å². The third-order valence-corrected chi connectivity index (χ3v) is 3.32. The lowest BCUT2D eigenvalue weighted by Crippen LogP contribution is -2.29. The Morgan fingerprint density at radius 3 is 2.73 bits per heavy atom. The largest absolute Gasteiger partial charge is 0.329 e. The Labute approximate surface area is 90.5 Å².